The van der Waals surface area contributed by atoms with E-state index in [0.717, 1.165) is 12.1 Å². The van der Waals surface area contributed by atoms with Crippen molar-refractivity contribution in [2.24, 2.45) is 0 Å². The fourth-order valence-electron chi connectivity index (χ4n) is 1.66. The number of nitrogens with one attached hydrogen (secondary N) is 1. The van der Waals surface area contributed by atoms with Gasteiger partial charge in [0.2, 0.25) is 0 Å². The lowest BCUT2D eigenvalue weighted by Crippen LogP contribution is -2.34. The summed E-state index contributed by atoms with van der Waals surface area (Å²) in [5.74, 6) is 0. The molecule has 0 aromatic heterocycles. The molecule has 18 heavy (non-hydrogen) atoms. The zero-order chi connectivity index (χ0) is 13.0. The molecule has 0 saturated carbocycles. The van der Waals surface area contributed by atoms with Crippen LogP contribution in [-0.4, -0.2) is 32.5 Å². The van der Waals surface area contributed by atoms with Crippen molar-refractivity contribution >= 4 is 5.69 Å². The van der Waals surface area contributed by atoms with Crippen molar-refractivity contribution in [3.63, 3.8) is 0 Å². The lowest BCUT2D eigenvalue weighted by atomic mass is 10.2. The van der Waals surface area contributed by atoms with Gasteiger partial charge in [-0.1, -0.05) is 0 Å². The van der Waals surface area contributed by atoms with E-state index < -0.39 is 11.7 Å². The summed E-state index contributed by atoms with van der Waals surface area (Å²) in [6, 6.07) is 4.93. The molecule has 3 nitrogen and oxygen atoms in total. The van der Waals surface area contributed by atoms with Gasteiger partial charge < -0.3 is 14.8 Å². The molecule has 1 aromatic carbocycles. The second-order valence-corrected chi connectivity index (χ2v) is 4.02. The highest BCUT2D eigenvalue weighted by Gasteiger charge is 2.29. The zero-order valence-electron chi connectivity index (χ0n) is 9.67. The van der Waals surface area contributed by atoms with Crippen LogP contribution < -0.4 is 5.32 Å². The van der Waals surface area contributed by atoms with Crippen LogP contribution in [0.15, 0.2) is 24.3 Å². The smallest absolute Gasteiger partial charge is 0.382 e. The highest BCUT2D eigenvalue weighted by molar-refractivity contribution is 5.45. The van der Waals surface area contributed by atoms with E-state index in [1.165, 1.54) is 12.1 Å². The van der Waals surface area contributed by atoms with Crippen LogP contribution in [0.2, 0.25) is 0 Å². The Labute approximate surface area is 103 Å². The van der Waals surface area contributed by atoms with Crippen LogP contribution in [0.4, 0.5) is 18.9 Å². The minimum Gasteiger partial charge on any atom is -0.382 e. The third-order valence-electron chi connectivity index (χ3n) is 2.63. The zero-order valence-corrected chi connectivity index (χ0v) is 9.67. The van der Waals surface area contributed by atoms with Crippen LogP contribution in [0, 0.1) is 0 Å². The molecule has 2 rings (SSSR count). The highest BCUT2D eigenvalue weighted by atomic mass is 19.4. The summed E-state index contributed by atoms with van der Waals surface area (Å²) in [5, 5.41) is 3.02. The maximum absolute atomic E-state index is 12.3. The summed E-state index contributed by atoms with van der Waals surface area (Å²) in [6.07, 6.45) is -4.35. The van der Waals surface area contributed by atoms with Gasteiger partial charge in [-0.2, -0.15) is 13.2 Å². The van der Waals surface area contributed by atoms with Gasteiger partial charge in [-0.3, -0.25) is 0 Å². The Hall–Kier alpha value is -1.27. The number of ether oxygens (including phenoxy) is 2. The molecule has 6 heteroatoms. The molecule has 1 heterocycles. The molecule has 1 aliphatic rings. The van der Waals surface area contributed by atoms with E-state index in [0.29, 0.717) is 32.1 Å². The van der Waals surface area contributed by atoms with Gasteiger partial charge in [0, 0.05) is 12.2 Å². The Morgan fingerprint density at radius 3 is 2.44 bits per heavy atom. The van der Waals surface area contributed by atoms with Gasteiger partial charge in [0.25, 0.3) is 0 Å². The maximum atomic E-state index is 12.3. The minimum absolute atomic E-state index is 0.0546. The first-order valence-electron chi connectivity index (χ1n) is 5.66. The predicted octanol–water partition coefficient (Wildman–Crippen LogP) is 2.53. The highest BCUT2D eigenvalue weighted by Crippen LogP contribution is 2.29. The van der Waals surface area contributed by atoms with Crippen LogP contribution in [0.25, 0.3) is 0 Å². The first kappa shape index (κ1) is 13.2. The SMILES string of the molecule is FC(F)(F)c1ccc(NCC2COCCO2)cc1. The summed E-state index contributed by atoms with van der Waals surface area (Å²) in [5.41, 5.74) is -0.0116. The van der Waals surface area contributed by atoms with Gasteiger partial charge in [-0.15, -0.1) is 0 Å². The molecule has 1 unspecified atom stereocenters. The number of benzene rings is 1. The lowest BCUT2D eigenvalue weighted by Gasteiger charge is -2.23. The van der Waals surface area contributed by atoms with Crippen LogP contribution in [0.5, 0.6) is 0 Å². The van der Waals surface area contributed by atoms with Crippen LogP contribution in [-0.2, 0) is 15.7 Å². The van der Waals surface area contributed by atoms with E-state index in [1.54, 1.807) is 0 Å². The van der Waals surface area contributed by atoms with Gasteiger partial charge in [0.1, 0.15) is 0 Å². The molecule has 0 aliphatic carbocycles. The average molecular weight is 261 g/mol. The molecule has 0 spiro atoms. The summed E-state index contributed by atoms with van der Waals surface area (Å²) in [7, 11) is 0. The van der Waals surface area contributed by atoms with E-state index in [9.17, 15) is 13.2 Å². The first-order valence-corrected chi connectivity index (χ1v) is 5.66. The first-order chi connectivity index (χ1) is 8.55. The normalized spacial score (nSPS) is 20.7. The molecule has 1 aliphatic heterocycles. The summed E-state index contributed by atoms with van der Waals surface area (Å²) < 4.78 is 47.6. The van der Waals surface area contributed by atoms with Crippen molar-refractivity contribution in [3.8, 4) is 0 Å². The third kappa shape index (κ3) is 3.61. The van der Waals surface area contributed by atoms with Crippen molar-refractivity contribution in [1.29, 1.82) is 0 Å². The quantitative estimate of drug-likeness (QED) is 0.907. The predicted molar refractivity (Wildman–Crippen MR) is 60.5 cm³/mol. The Balaban J connectivity index is 1.86. The molecule has 1 aromatic rings. The summed E-state index contributed by atoms with van der Waals surface area (Å²) in [4.78, 5) is 0. The third-order valence-corrected chi connectivity index (χ3v) is 2.63. The Kier molecular flexibility index (Phi) is 4.08. The van der Waals surface area contributed by atoms with Crippen LogP contribution >= 0.6 is 0 Å². The molecule has 0 bridgehead atoms. The minimum atomic E-state index is -4.29. The fourth-order valence-corrected chi connectivity index (χ4v) is 1.66. The number of alkyl halides is 3. The van der Waals surface area contributed by atoms with E-state index in [-0.39, 0.29) is 6.10 Å². The van der Waals surface area contributed by atoms with Crippen molar-refractivity contribution < 1.29 is 22.6 Å². The molecule has 100 valence electrons. The van der Waals surface area contributed by atoms with Crippen molar-refractivity contribution in [2.45, 2.75) is 12.3 Å². The molecular weight excluding hydrogens is 247 g/mol. The van der Waals surface area contributed by atoms with Crippen molar-refractivity contribution in [2.75, 3.05) is 31.7 Å². The maximum Gasteiger partial charge on any atom is 0.416 e. The largest absolute Gasteiger partial charge is 0.416 e. The van der Waals surface area contributed by atoms with Gasteiger partial charge in [0.05, 0.1) is 31.5 Å². The standard InChI is InChI=1S/C12H14F3NO2/c13-12(14,15)9-1-3-10(4-2-9)16-7-11-8-17-5-6-18-11/h1-4,11,16H,5-8H2. The van der Waals surface area contributed by atoms with Crippen molar-refractivity contribution in [3.05, 3.63) is 29.8 Å². The molecule has 0 amide bonds. The number of hydrogen-bond acceptors (Lipinski definition) is 3. The topological polar surface area (TPSA) is 30.5 Å². The number of hydrogen-bond donors (Lipinski definition) is 1. The Morgan fingerprint density at radius 2 is 1.89 bits per heavy atom. The van der Waals surface area contributed by atoms with Gasteiger partial charge in [-0.05, 0) is 24.3 Å². The lowest BCUT2D eigenvalue weighted by molar-refractivity contribution is -0.137. The molecule has 0 radical (unpaired) electrons. The molecule has 1 saturated heterocycles. The van der Waals surface area contributed by atoms with Crippen LogP contribution in [0.3, 0.4) is 0 Å². The Morgan fingerprint density at radius 1 is 1.17 bits per heavy atom. The monoisotopic (exact) mass is 261 g/mol. The summed E-state index contributed by atoms with van der Waals surface area (Å²) in [6.45, 7) is 2.18. The number of halogens is 3. The van der Waals surface area contributed by atoms with Crippen LogP contribution in [0.1, 0.15) is 5.56 Å². The fraction of sp³-hybridized carbons (Fsp3) is 0.500. The van der Waals surface area contributed by atoms with Gasteiger partial charge in [-0.25, -0.2) is 0 Å². The van der Waals surface area contributed by atoms with E-state index in [4.69, 9.17) is 9.47 Å². The average Bonchev–Trinajstić information content (AvgIpc) is 2.37. The molecule has 1 N–H and O–H groups in total. The van der Waals surface area contributed by atoms with Crippen molar-refractivity contribution in [1.82, 2.24) is 0 Å². The Bertz CT molecular complexity index is 372. The second kappa shape index (κ2) is 5.58. The van der Waals surface area contributed by atoms with E-state index in [1.807, 2.05) is 0 Å². The molecule has 1 fully saturated rings. The molecular formula is C12H14F3NO2. The summed E-state index contributed by atoms with van der Waals surface area (Å²) >= 11 is 0. The molecule has 1 atom stereocenters. The number of rotatable bonds is 3. The number of anilines is 1. The van der Waals surface area contributed by atoms with Gasteiger partial charge in [0.15, 0.2) is 0 Å². The van der Waals surface area contributed by atoms with Gasteiger partial charge >= 0.3 is 6.18 Å². The van der Waals surface area contributed by atoms with E-state index >= 15 is 0 Å². The second-order valence-electron chi connectivity index (χ2n) is 4.02. The van der Waals surface area contributed by atoms with E-state index in [2.05, 4.69) is 5.32 Å².